The molecular weight excluding hydrogens is 246 g/mol. The monoisotopic (exact) mass is 265 g/mol. The van der Waals surface area contributed by atoms with Crippen molar-refractivity contribution < 1.29 is 19.1 Å². The first-order valence-electron chi connectivity index (χ1n) is 5.89. The largest absolute Gasteiger partial charge is 0.465 e. The van der Waals surface area contributed by atoms with Crippen LogP contribution in [0.1, 0.15) is 31.1 Å². The van der Waals surface area contributed by atoms with Crippen molar-refractivity contribution in [2.75, 3.05) is 19.1 Å². The van der Waals surface area contributed by atoms with Crippen LogP contribution in [-0.4, -0.2) is 31.8 Å². The fourth-order valence-corrected chi connectivity index (χ4v) is 1.37. The molecule has 0 atom stereocenters. The number of rotatable bonds is 2. The van der Waals surface area contributed by atoms with E-state index in [0.717, 1.165) is 0 Å². The van der Waals surface area contributed by atoms with Gasteiger partial charge in [0.2, 0.25) is 0 Å². The highest BCUT2D eigenvalue weighted by Gasteiger charge is 2.20. The fraction of sp³-hybridized carbons (Fsp3) is 0.429. The zero-order chi connectivity index (χ0) is 14.6. The maximum absolute atomic E-state index is 11.8. The van der Waals surface area contributed by atoms with Crippen LogP contribution in [-0.2, 0) is 9.47 Å². The molecule has 104 valence electrons. The molecule has 5 heteroatoms. The molecule has 0 N–H and O–H groups in total. The van der Waals surface area contributed by atoms with Crippen molar-refractivity contribution in [1.82, 2.24) is 0 Å². The molecule has 0 saturated heterocycles. The van der Waals surface area contributed by atoms with E-state index in [-0.39, 0.29) is 0 Å². The number of carbonyl (C=O) groups is 2. The van der Waals surface area contributed by atoms with E-state index in [9.17, 15) is 9.59 Å². The molecule has 0 aliphatic heterocycles. The Bertz CT molecular complexity index is 459. The number of anilines is 1. The zero-order valence-electron chi connectivity index (χ0n) is 11.9. The predicted molar refractivity (Wildman–Crippen MR) is 72.4 cm³/mol. The van der Waals surface area contributed by atoms with Crippen LogP contribution in [0.5, 0.6) is 0 Å². The number of methoxy groups -OCH3 is 1. The third-order valence-corrected chi connectivity index (χ3v) is 2.34. The molecule has 0 saturated carbocycles. The van der Waals surface area contributed by atoms with Crippen LogP contribution in [0.2, 0.25) is 0 Å². The van der Waals surface area contributed by atoms with Gasteiger partial charge in [-0.2, -0.15) is 0 Å². The van der Waals surface area contributed by atoms with Crippen molar-refractivity contribution in [2.24, 2.45) is 0 Å². The SMILES string of the molecule is COC(=O)c1ccc(N(C)C(=O)OC(C)(C)C)cc1. The van der Waals surface area contributed by atoms with E-state index < -0.39 is 17.7 Å². The van der Waals surface area contributed by atoms with Crippen LogP contribution in [0.4, 0.5) is 10.5 Å². The molecule has 0 aliphatic carbocycles. The van der Waals surface area contributed by atoms with E-state index in [0.29, 0.717) is 11.3 Å². The van der Waals surface area contributed by atoms with Crippen LogP contribution in [0.3, 0.4) is 0 Å². The second-order valence-corrected chi connectivity index (χ2v) is 5.08. The predicted octanol–water partition coefficient (Wildman–Crippen LogP) is 2.84. The van der Waals surface area contributed by atoms with Crippen LogP contribution < -0.4 is 4.90 Å². The van der Waals surface area contributed by atoms with Gasteiger partial charge in [0.05, 0.1) is 12.7 Å². The second-order valence-electron chi connectivity index (χ2n) is 5.08. The summed E-state index contributed by atoms with van der Waals surface area (Å²) in [6.45, 7) is 5.41. The molecule has 19 heavy (non-hydrogen) atoms. The topological polar surface area (TPSA) is 55.8 Å². The lowest BCUT2D eigenvalue weighted by Crippen LogP contribution is -2.34. The van der Waals surface area contributed by atoms with Gasteiger partial charge in [0.15, 0.2) is 0 Å². The quantitative estimate of drug-likeness (QED) is 0.771. The third kappa shape index (κ3) is 4.28. The van der Waals surface area contributed by atoms with Gasteiger partial charge in [-0.05, 0) is 45.0 Å². The Morgan fingerprint density at radius 1 is 1.11 bits per heavy atom. The lowest BCUT2D eigenvalue weighted by Gasteiger charge is -2.24. The first-order valence-corrected chi connectivity index (χ1v) is 5.89. The Labute approximate surface area is 113 Å². The van der Waals surface area contributed by atoms with E-state index in [1.165, 1.54) is 12.0 Å². The molecule has 0 bridgehead atoms. The maximum Gasteiger partial charge on any atom is 0.414 e. The standard InChI is InChI=1S/C14H19NO4/c1-14(2,3)19-13(17)15(4)11-8-6-10(7-9-11)12(16)18-5/h6-9H,1-5H3. The molecule has 1 rings (SSSR count). The lowest BCUT2D eigenvalue weighted by atomic mass is 10.2. The number of ether oxygens (including phenoxy) is 2. The lowest BCUT2D eigenvalue weighted by molar-refractivity contribution is 0.0585. The van der Waals surface area contributed by atoms with Gasteiger partial charge in [-0.15, -0.1) is 0 Å². The number of benzene rings is 1. The van der Waals surface area contributed by atoms with Crippen LogP contribution >= 0.6 is 0 Å². The van der Waals surface area contributed by atoms with Gasteiger partial charge in [-0.1, -0.05) is 0 Å². The first-order chi connectivity index (χ1) is 8.74. The van der Waals surface area contributed by atoms with Crippen molar-refractivity contribution in [1.29, 1.82) is 0 Å². The average molecular weight is 265 g/mol. The summed E-state index contributed by atoms with van der Waals surface area (Å²) in [6.07, 6.45) is -0.446. The molecule has 1 aromatic rings. The van der Waals surface area contributed by atoms with Crippen molar-refractivity contribution in [3.63, 3.8) is 0 Å². The molecule has 0 heterocycles. The molecule has 0 radical (unpaired) electrons. The number of hydrogen-bond donors (Lipinski definition) is 0. The van der Waals surface area contributed by atoms with Gasteiger partial charge < -0.3 is 9.47 Å². The second kappa shape index (κ2) is 5.73. The van der Waals surface area contributed by atoms with Gasteiger partial charge in [0, 0.05) is 12.7 Å². The summed E-state index contributed by atoms with van der Waals surface area (Å²) in [4.78, 5) is 24.5. The molecule has 5 nitrogen and oxygen atoms in total. The zero-order valence-corrected chi connectivity index (χ0v) is 11.9. The van der Waals surface area contributed by atoms with E-state index in [4.69, 9.17) is 4.74 Å². The van der Waals surface area contributed by atoms with Crippen LogP contribution in [0, 0.1) is 0 Å². The van der Waals surface area contributed by atoms with Crippen LogP contribution in [0.25, 0.3) is 0 Å². The highest BCUT2D eigenvalue weighted by Crippen LogP contribution is 2.17. The molecular formula is C14H19NO4. The Kier molecular flexibility index (Phi) is 4.53. The van der Waals surface area contributed by atoms with Gasteiger partial charge >= 0.3 is 12.1 Å². The van der Waals surface area contributed by atoms with E-state index in [1.54, 1.807) is 52.1 Å². The maximum atomic E-state index is 11.8. The van der Waals surface area contributed by atoms with Gasteiger partial charge in [0.25, 0.3) is 0 Å². The summed E-state index contributed by atoms with van der Waals surface area (Å²) in [5, 5.41) is 0. The van der Waals surface area contributed by atoms with Crippen molar-refractivity contribution in [2.45, 2.75) is 26.4 Å². The normalized spacial score (nSPS) is 10.8. The van der Waals surface area contributed by atoms with Crippen molar-refractivity contribution in [3.8, 4) is 0 Å². The Hall–Kier alpha value is -2.04. The molecule has 0 fully saturated rings. The minimum atomic E-state index is -0.544. The minimum absolute atomic E-state index is 0.411. The van der Waals surface area contributed by atoms with Gasteiger partial charge in [-0.25, -0.2) is 9.59 Å². The Morgan fingerprint density at radius 2 is 1.63 bits per heavy atom. The third-order valence-electron chi connectivity index (χ3n) is 2.34. The molecule has 0 aliphatic rings. The summed E-state index contributed by atoms with van der Waals surface area (Å²) in [5.74, 6) is -0.411. The molecule has 0 aromatic heterocycles. The number of esters is 1. The summed E-state index contributed by atoms with van der Waals surface area (Å²) >= 11 is 0. The number of nitrogens with zero attached hydrogens (tertiary/aromatic N) is 1. The molecule has 0 unspecified atom stereocenters. The highest BCUT2D eigenvalue weighted by atomic mass is 16.6. The number of carbonyl (C=O) groups excluding carboxylic acids is 2. The smallest absolute Gasteiger partial charge is 0.414 e. The van der Waals surface area contributed by atoms with Crippen molar-refractivity contribution >= 4 is 17.7 Å². The minimum Gasteiger partial charge on any atom is -0.465 e. The summed E-state index contributed by atoms with van der Waals surface area (Å²) < 4.78 is 9.85. The summed E-state index contributed by atoms with van der Waals surface area (Å²) in [6, 6.07) is 6.52. The Morgan fingerprint density at radius 3 is 2.05 bits per heavy atom. The molecule has 0 spiro atoms. The van der Waals surface area contributed by atoms with Crippen LogP contribution in [0.15, 0.2) is 24.3 Å². The molecule has 1 amide bonds. The van der Waals surface area contributed by atoms with Gasteiger partial charge in [0.1, 0.15) is 5.60 Å². The summed E-state index contributed by atoms with van der Waals surface area (Å²) in [7, 11) is 2.93. The van der Waals surface area contributed by atoms with E-state index >= 15 is 0 Å². The van der Waals surface area contributed by atoms with Gasteiger partial charge in [-0.3, -0.25) is 4.90 Å². The van der Waals surface area contributed by atoms with Crippen molar-refractivity contribution in [3.05, 3.63) is 29.8 Å². The number of hydrogen-bond acceptors (Lipinski definition) is 4. The first kappa shape index (κ1) is 15.0. The molecule has 1 aromatic carbocycles. The highest BCUT2D eigenvalue weighted by molar-refractivity contribution is 5.91. The average Bonchev–Trinajstić information content (AvgIpc) is 2.35. The van der Waals surface area contributed by atoms with E-state index in [2.05, 4.69) is 4.74 Å². The summed E-state index contributed by atoms with van der Waals surface area (Å²) in [5.41, 5.74) is 0.530. The number of amides is 1. The Balaban J connectivity index is 2.80. The fourth-order valence-electron chi connectivity index (χ4n) is 1.37. The van der Waals surface area contributed by atoms with E-state index in [1.807, 2.05) is 0 Å².